The van der Waals surface area contributed by atoms with Gasteiger partial charge in [-0.1, -0.05) is 31.2 Å². The van der Waals surface area contributed by atoms with Gasteiger partial charge in [-0.3, -0.25) is 4.90 Å². The third-order valence-corrected chi connectivity index (χ3v) is 7.48. The van der Waals surface area contributed by atoms with Crippen LogP contribution in [0.25, 0.3) is 11.1 Å². The summed E-state index contributed by atoms with van der Waals surface area (Å²) < 4.78 is 5.54. The highest BCUT2D eigenvalue weighted by Gasteiger charge is 2.67. The lowest BCUT2D eigenvalue weighted by atomic mass is 9.91. The topological polar surface area (TPSA) is 88.7 Å². The van der Waals surface area contributed by atoms with Crippen molar-refractivity contribution in [3.8, 4) is 11.1 Å². The summed E-state index contributed by atoms with van der Waals surface area (Å²) in [6.07, 6.45) is 3.93. The average molecular weight is 393 g/mol. The third-order valence-electron chi connectivity index (χ3n) is 7.48. The van der Waals surface area contributed by atoms with E-state index in [9.17, 15) is 9.90 Å². The lowest BCUT2D eigenvalue weighted by Crippen LogP contribution is -2.41. The molecule has 1 aliphatic carbocycles. The first-order valence-corrected chi connectivity index (χ1v) is 10.4. The number of carboxylic acid groups (broad SMARTS) is 1. The van der Waals surface area contributed by atoms with E-state index in [1.54, 1.807) is 12.3 Å². The molecule has 0 radical (unpaired) electrons. The molecule has 1 saturated carbocycles. The van der Waals surface area contributed by atoms with Crippen LogP contribution in [0.5, 0.6) is 0 Å². The van der Waals surface area contributed by atoms with E-state index in [0.29, 0.717) is 12.0 Å². The third kappa shape index (κ3) is 2.93. The Morgan fingerprint density at radius 1 is 1.24 bits per heavy atom. The number of nitrogens with two attached hydrogens (primary N) is 1. The number of nitrogen functional groups attached to an aromatic ring is 1. The van der Waals surface area contributed by atoms with E-state index in [-0.39, 0.29) is 16.8 Å². The number of carbonyl (C=O) groups is 1. The van der Waals surface area contributed by atoms with Crippen molar-refractivity contribution in [3.05, 3.63) is 47.7 Å². The Bertz CT molecular complexity index is 939. The molecule has 152 valence electrons. The number of aromatic nitrogens is 1. The number of carboxylic acids is 1. The van der Waals surface area contributed by atoms with Crippen molar-refractivity contribution >= 4 is 11.8 Å². The maximum Gasteiger partial charge on any atom is 0.339 e. The molecule has 2 aliphatic heterocycles. The summed E-state index contributed by atoms with van der Waals surface area (Å²) >= 11 is 0. The van der Waals surface area contributed by atoms with Gasteiger partial charge in [-0.2, -0.15) is 0 Å². The number of aromatic carboxylic acids is 1. The van der Waals surface area contributed by atoms with Gasteiger partial charge in [0, 0.05) is 49.5 Å². The number of hydrogen-bond acceptors (Lipinski definition) is 5. The molecule has 0 spiro atoms. The minimum absolute atomic E-state index is 0.0453. The SMILES string of the molecule is C[C@@H]1[C@@H]2CN(C3CCOCC3)C[C@]12c1ccc(-c2cnc(N)c(C(=O)O)c2)cc1. The van der Waals surface area contributed by atoms with Gasteiger partial charge >= 0.3 is 5.97 Å². The van der Waals surface area contributed by atoms with Crippen LogP contribution in [0.1, 0.15) is 35.7 Å². The van der Waals surface area contributed by atoms with Gasteiger partial charge in [0.05, 0.1) is 0 Å². The van der Waals surface area contributed by atoms with E-state index < -0.39 is 5.97 Å². The summed E-state index contributed by atoms with van der Waals surface area (Å²) in [7, 11) is 0. The number of likely N-dealkylation sites (tertiary alicyclic amines) is 1. The van der Waals surface area contributed by atoms with Gasteiger partial charge in [-0.15, -0.1) is 0 Å². The van der Waals surface area contributed by atoms with Gasteiger partial charge in [-0.05, 0) is 41.9 Å². The molecule has 0 unspecified atom stereocenters. The smallest absolute Gasteiger partial charge is 0.339 e. The Hall–Kier alpha value is -2.44. The highest BCUT2D eigenvalue weighted by atomic mass is 16.5. The van der Waals surface area contributed by atoms with E-state index in [1.807, 2.05) is 0 Å². The van der Waals surface area contributed by atoms with E-state index in [4.69, 9.17) is 10.5 Å². The van der Waals surface area contributed by atoms with E-state index in [1.165, 1.54) is 12.1 Å². The first-order valence-electron chi connectivity index (χ1n) is 10.4. The molecule has 3 heterocycles. The fraction of sp³-hybridized carbons (Fsp3) is 0.478. The molecular formula is C23H27N3O3. The van der Waals surface area contributed by atoms with Crippen LogP contribution in [0.3, 0.4) is 0 Å². The molecule has 6 heteroatoms. The summed E-state index contributed by atoms with van der Waals surface area (Å²) in [5, 5.41) is 9.29. The quantitative estimate of drug-likeness (QED) is 0.830. The first kappa shape index (κ1) is 18.6. The fourth-order valence-corrected chi connectivity index (χ4v) is 5.64. The first-order chi connectivity index (χ1) is 14.0. The number of piperidine rings is 1. The summed E-state index contributed by atoms with van der Waals surface area (Å²) in [6.45, 7) is 6.48. The number of ether oxygens (including phenoxy) is 1. The van der Waals surface area contributed by atoms with Gasteiger partial charge in [-0.25, -0.2) is 9.78 Å². The molecule has 1 aromatic heterocycles. The molecule has 6 nitrogen and oxygen atoms in total. The number of anilines is 1. The molecule has 3 fully saturated rings. The summed E-state index contributed by atoms with van der Waals surface area (Å²) in [4.78, 5) is 18.1. The zero-order valence-electron chi connectivity index (χ0n) is 16.7. The van der Waals surface area contributed by atoms with E-state index in [2.05, 4.69) is 41.1 Å². The monoisotopic (exact) mass is 393 g/mol. The minimum Gasteiger partial charge on any atom is -0.478 e. The van der Waals surface area contributed by atoms with E-state index >= 15 is 0 Å². The Morgan fingerprint density at radius 2 is 1.97 bits per heavy atom. The van der Waals surface area contributed by atoms with Crippen molar-refractivity contribution in [1.82, 2.24) is 9.88 Å². The number of pyridine rings is 1. The van der Waals surface area contributed by atoms with Crippen molar-refractivity contribution in [1.29, 1.82) is 0 Å². The second-order valence-corrected chi connectivity index (χ2v) is 8.75. The second kappa shape index (κ2) is 6.82. The number of nitrogens with zero attached hydrogens (tertiary/aromatic N) is 2. The van der Waals surface area contributed by atoms with Gasteiger partial charge in [0.25, 0.3) is 0 Å². The zero-order valence-corrected chi connectivity index (χ0v) is 16.7. The molecule has 3 atom stereocenters. The van der Waals surface area contributed by atoms with Crippen LogP contribution in [-0.4, -0.2) is 53.3 Å². The standard InChI is InChI=1S/C23H27N3O3/c1-14-20-12-26(18-6-8-29-9-7-18)13-23(14,20)17-4-2-15(3-5-17)16-10-19(22(27)28)21(24)25-11-16/h2-5,10-11,14,18,20H,6-9,12-13H2,1H3,(H2,24,25)(H,27,28)/t14-,20+,23-/m1/s1. The molecule has 2 saturated heterocycles. The normalized spacial score (nSPS) is 29.6. The molecule has 0 amide bonds. The van der Waals surface area contributed by atoms with Gasteiger partial charge in [0.15, 0.2) is 0 Å². The van der Waals surface area contributed by atoms with Crippen molar-refractivity contribution in [2.24, 2.45) is 11.8 Å². The van der Waals surface area contributed by atoms with Crippen molar-refractivity contribution in [3.63, 3.8) is 0 Å². The molecule has 5 rings (SSSR count). The van der Waals surface area contributed by atoms with Crippen LogP contribution >= 0.6 is 0 Å². The van der Waals surface area contributed by atoms with E-state index in [0.717, 1.165) is 49.6 Å². The van der Waals surface area contributed by atoms with Crippen molar-refractivity contribution in [2.45, 2.75) is 31.2 Å². The summed E-state index contributed by atoms with van der Waals surface area (Å²) in [6, 6.07) is 10.9. The number of fused-ring (bicyclic) bond motifs is 1. The van der Waals surface area contributed by atoms with Crippen LogP contribution in [0.2, 0.25) is 0 Å². The van der Waals surface area contributed by atoms with Crippen LogP contribution in [0.15, 0.2) is 36.5 Å². The lowest BCUT2D eigenvalue weighted by Gasteiger charge is -2.34. The van der Waals surface area contributed by atoms with Crippen LogP contribution in [0.4, 0.5) is 5.82 Å². The fourth-order valence-electron chi connectivity index (χ4n) is 5.64. The Kier molecular flexibility index (Phi) is 4.37. The Balaban J connectivity index is 1.38. The van der Waals surface area contributed by atoms with Gasteiger partial charge in [0.2, 0.25) is 0 Å². The highest BCUT2D eigenvalue weighted by molar-refractivity contribution is 5.94. The minimum atomic E-state index is -1.05. The Labute approximate surface area is 170 Å². The Morgan fingerprint density at radius 3 is 2.66 bits per heavy atom. The molecule has 1 aromatic carbocycles. The predicted octanol–water partition coefficient (Wildman–Crippen LogP) is 3.03. The zero-order chi connectivity index (χ0) is 20.2. The summed E-state index contributed by atoms with van der Waals surface area (Å²) in [5.74, 6) is 0.431. The predicted molar refractivity (Wildman–Crippen MR) is 111 cm³/mol. The van der Waals surface area contributed by atoms with Gasteiger partial charge in [0.1, 0.15) is 11.4 Å². The lowest BCUT2D eigenvalue weighted by molar-refractivity contribution is 0.0363. The maximum atomic E-state index is 11.3. The summed E-state index contributed by atoms with van der Waals surface area (Å²) in [5.41, 5.74) is 9.13. The number of benzene rings is 1. The van der Waals surface area contributed by atoms with Crippen LogP contribution < -0.4 is 5.73 Å². The molecule has 0 bridgehead atoms. The van der Waals surface area contributed by atoms with Crippen molar-refractivity contribution < 1.29 is 14.6 Å². The van der Waals surface area contributed by atoms with Crippen LogP contribution in [-0.2, 0) is 10.2 Å². The van der Waals surface area contributed by atoms with Gasteiger partial charge < -0.3 is 15.6 Å². The highest BCUT2D eigenvalue weighted by Crippen LogP contribution is 2.64. The molecular weight excluding hydrogens is 366 g/mol. The number of rotatable bonds is 4. The molecule has 3 N–H and O–H groups in total. The maximum absolute atomic E-state index is 11.3. The number of hydrogen-bond donors (Lipinski definition) is 2. The molecule has 2 aromatic rings. The molecule has 3 aliphatic rings. The second-order valence-electron chi connectivity index (χ2n) is 8.75. The van der Waals surface area contributed by atoms with Crippen LogP contribution in [0, 0.1) is 11.8 Å². The average Bonchev–Trinajstić information content (AvgIpc) is 3.11. The van der Waals surface area contributed by atoms with Crippen molar-refractivity contribution in [2.75, 3.05) is 32.0 Å². The molecule has 29 heavy (non-hydrogen) atoms. The largest absolute Gasteiger partial charge is 0.478 e.